The maximum atomic E-state index is 4.77. The Morgan fingerprint density at radius 2 is 2.12 bits per heavy atom. The summed E-state index contributed by atoms with van der Waals surface area (Å²) in [6.07, 6.45) is 3.13. The first kappa shape index (κ1) is 11.6. The molecular formula is C13H17BrN2. The van der Waals surface area contributed by atoms with Crippen LogP contribution in [-0.4, -0.2) is 9.38 Å². The first-order chi connectivity index (χ1) is 7.47. The highest BCUT2D eigenvalue weighted by atomic mass is 79.9. The highest BCUT2D eigenvalue weighted by molar-refractivity contribution is 9.10. The Bertz CT molecular complexity index is 526. The van der Waals surface area contributed by atoms with Crippen LogP contribution >= 0.6 is 15.9 Å². The van der Waals surface area contributed by atoms with Gasteiger partial charge in [-0.15, -0.1) is 0 Å². The number of imidazole rings is 1. The van der Waals surface area contributed by atoms with Gasteiger partial charge in [0.05, 0.1) is 5.69 Å². The van der Waals surface area contributed by atoms with Crippen LogP contribution in [0.5, 0.6) is 0 Å². The zero-order valence-electron chi connectivity index (χ0n) is 10.2. The van der Waals surface area contributed by atoms with Crippen molar-refractivity contribution in [1.29, 1.82) is 0 Å². The van der Waals surface area contributed by atoms with Crippen LogP contribution in [-0.2, 0) is 5.41 Å². The molecule has 0 aromatic carbocycles. The summed E-state index contributed by atoms with van der Waals surface area (Å²) in [4.78, 5) is 4.77. The van der Waals surface area contributed by atoms with Crippen LogP contribution in [0.25, 0.3) is 5.65 Å². The quantitative estimate of drug-likeness (QED) is 0.810. The molecule has 0 saturated heterocycles. The van der Waals surface area contributed by atoms with Crippen LogP contribution in [0.2, 0.25) is 0 Å². The number of hydrogen-bond acceptors (Lipinski definition) is 1. The fourth-order valence-corrected chi connectivity index (χ4v) is 2.68. The van der Waals surface area contributed by atoms with E-state index in [1.54, 1.807) is 0 Å². The minimum atomic E-state index is 0.108. The van der Waals surface area contributed by atoms with Crippen molar-refractivity contribution in [3.05, 3.63) is 34.2 Å². The summed E-state index contributed by atoms with van der Waals surface area (Å²) in [5.74, 6) is 0. The molecule has 3 heteroatoms. The lowest BCUT2D eigenvalue weighted by molar-refractivity contribution is 0.490. The molecule has 0 spiro atoms. The monoisotopic (exact) mass is 280 g/mol. The van der Waals surface area contributed by atoms with Gasteiger partial charge in [-0.25, -0.2) is 4.98 Å². The Morgan fingerprint density at radius 1 is 1.44 bits per heavy atom. The van der Waals surface area contributed by atoms with Crippen LogP contribution in [0.15, 0.2) is 22.9 Å². The molecule has 0 saturated carbocycles. The summed E-state index contributed by atoms with van der Waals surface area (Å²) in [5, 5.41) is 0. The SMILES string of the molecule is CCC(C)(C)c1nc2c(C)cccn2c1Br. The van der Waals surface area contributed by atoms with Crippen molar-refractivity contribution in [2.45, 2.75) is 39.5 Å². The number of pyridine rings is 1. The molecule has 0 N–H and O–H groups in total. The highest BCUT2D eigenvalue weighted by Gasteiger charge is 2.25. The predicted molar refractivity (Wildman–Crippen MR) is 70.9 cm³/mol. The van der Waals surface area contributed by atoms with Crippen molar-refractivity contribution in [3.8, 4) is 0 Å². The molecule has 0 unspecified atom stereocenters. The normalized spacial score (nSPS) is 12.3. The van der Waals surface area contributed by atoms with Gasteiger partial charge in [0.2, 0.25) is 0 Å². The fraction of sp³-hybridized carbons (Fsp3) is 0.462. The molecule has 0 radical (unpaired) electrons. The first-order valence-electron chi connectivity index (χ1n) is 5.61. The van der Waals surface area contributed by atoms with Crippen LogP contribution in [0.3, 0.4) is 0 Å². The second-order valence-corrected chi connectivity index (χ2v) is 5.62. The zero-order valence-corrected chi connectivity index (χ0v) is 11.8. The second kappa shape index (κ2) is 3.88. The van der Waals surface area contributed by atoms with Crippen LogP contribution < -0.4 is 0 Å². The maximum Gasteiger partial charge on any atom is 0.140 e. The summed E-state index contributed by atoms with van der Waals surface area (Å²) in [7, 11) is 0. The number of aryl methyl sites for hydroxylation is 1. The molecule has 86 valence electrons. The van der Waals surface area contributed by atoms with Gasteiger partial charge in [-0.2, -0.15) is 0 Å². The molecule has 2 aromatic heterocycles. The standard InChI is InChI=1S/C13H17BrN2/c1-5-13(3,4)10-11(14)16-8-6-7-9(2)12(16)15-10/h6-8H,5H2,1-4H3. The topological polar surface area (TPSA) is 17.3 Å². The van der Waals surface area contributed by atoms with Crippen molar-refractivity contribution >= 4 is 21.6 Å². The lowest BCUT2D eigenvalue weighted by atomic mass is 9.87. The minimum Gasteiger partial charge on any atom is -0.294 e. The Kier molecular flexibility index (Phi) is 2.82. The van der Waals surface area contributed by atoms with E-state index in [2.05, 4.69) is 66.4 Å². The summed E-state index contributed by atoms with van der Waals surface area (Å²) in [6, 6.07) is 4.15. The number of fused-ring (bicyclic) bond motifs is 1. The zero-order chi connectivity index (χ0) is 11.9. The molecule has 2 aromatic rings. The molecule has 0 bridgehead atoms. The van der Waals surface area contributed by atoms with Crippen LogP contribution in [0, 0.1) is 6.92 Å². The summed E-state index contributed by atoms with van der Waals surface area (Å²) >= 11 is 3.66. The number of nitrogens with zero attached hydrogens (tertiary/aromatic N) is 2. The van der Waals surface area contributed by atoms with Crippen molar-refractivity contribution in [2.24, 2.45) is 0 Å². The van der Waals surface area contributed by atoms with Gasteiger partial charge in [0.15, 0.2) is 0 Å². The van der Waals surface area contributed by atoms with E-state index in [4.69, 9.17) is 4.98 Å². The molecule has 0 fully saturated rings. The van der Waals surface area contributed by atoms with Gasteiger partial charge in [0.1, 0.15) is 10.3 Å². The molecule has 0 aliphatic heterocycles. The molecule has 2 rings (SSSR count). The number of rotatable bonds is 2. The molecular weight excluding hydrogens is 264 g/mol. The Balaban J connectivity index is 2.74. The van der Waals surface area contributed by atoms with Crippen molar-refractivity contribution in [1.82, 2.24) is 9.38 Å². The third-order valence-corrected chi connectivity index (χ3v) is 4.07. The van der Waals surface area contributed by atoms with Crippen molar-refractivity contribution in [3.63, 3.8) is 0 Å². The van der Waals surface area contributed by atoms with Crippen LogP contribution in [0.1, 0.15) is 38.4 Å². The van der Waals surface area contributed by atoms with Gasteiger partial charge in [-0.05, 0) is 40.9 Å². The first-order valence-corrected chi connectivity index (χ1v) is 6.40. The lowest BCUT2D eigenvalue weighted by Gasteiger charge is -2.20. The molecule has 0 aliphatic rings. The smallest absolute Gasteiger partial charge is 0.140 e. The highest BCUT2D eigenvalue weighted by Crippen LogP contribution is 2.33. The van der Waals surface area contributed by atoms with E-state index in [1.165, 1.54) is 5.56 Å². The van der Waals surface area contributed by atoms with E-state index in [0.717, 1.165) is 22.4 Å². The molecule has 16 heavy (non-hydrogen) atoms. The van der Waals surface area contributed by atoms with Gasteiger partial charge < -0.3 is 0 Å². The fourth-order valence-electron chi connectivity index (χ4n) is 1.77. The number of hydrogen-bond donors (Lipinski definition) is 0. The summed E-state index contributed by atoms with van der Waals surface area (Å²) in [5.41, 5.74) is 3.51. The molecule has 0 atom stereocenters. The third kappa shape index (κ3) is 1.67. The van der Waals surface area contributed by atoms with Crippen molar-refractivity contribution in [2.75, 3.05) is 0 Å². The molecule has 2 nitrogen and oxygen atoms in total. The van der Waals surface area contributed by atoms with E-state index in [0.29, 0.717) is 0 Å². The second-order valence-electron chi connectivity index (χ2n) is 4.87. The summed E-state index contributed by atoms with van der Waals surface area (Å²) < 4.78 is 3.19. The third-order valence-electron chi connectivity index (χ3n) is 3.31. The average Bonchev–Trinajstić information content (AvgIpc) is 2.59. The number of halogens is 1. The van der Waals surface area contributed by atoms with E-state index in [9.17, 15) is 0 Å². The molecule has 2 heterocycles. The molecule has 0 amide bonds. The van der Waals surface area contributed by atoms with Gasteiger partial charge in [-0.1, -0.05) is 26.8 Å². The Hall–Kier alpha value is -0.830. The molecule has 0 aliphatic carbocycles. The van der Waals surface area contributed by atoms with Gasteiger partial charge in [-0.3, -0.25) is 4.40 Å². The Morgan fingerprint density at radius 3 is 2.69 bits per heavy atom. The van der Waals surface area contributed by atoms with E-state index < -0.39 is 0 Å². The lowest BCUT2D eigenvalue weighted by Crippen LogP contribution is -2.16. The Labute approximate surface area is 105 Å². The van der Waals surface area contributed by atoms with Gasteiger partial charge in [0.25, 0.3) is 0 Å². The maximum absolute atomic E-state index is 4.77. The largest absolute Gasteiger partial charge is 0.294 e. The van der Waals surface area contributed by atoms with Gasteiger partial charge >= 0.3 is 0 Å². The number of aromatic nitrogens is 2. The van der Waals surface area contributed by atoms with E-state index >= 15 is 0 Å². The van der Waals surface area contributed by atoms with Gasteiger partial charge in [0, 0.05) is 11.6 Å². The minimum absolute atomic E-state index is 0.108. The van der Waals surface area contributed by atoms with E-state index in [1.807, 2.05) is 0 Å². The van der Waals surface area contributed by atoms with Crippen molar-refractivity contribution < 1.29 is 0 Å². The summed E-state index contributed by atoms with van der Waals surface area (Å²) in [6.45, 7) is 8.75. The van der Waals surface area contributed by atoms with Crippen LogP contribution in [0.4, 0.5) is 0 Å². The average molecular weight is 281 g/mol. The van der Waals surface area contributed by atoms with E-state index in [-0.39, 0.29) is 5.41 Å². The predicted octanol–water partition coefficient (Wildman–Crippen LogP) is 4.09.